The number of hydrogen-bond acceptors (Lipinski definition) is 6. The first-order chi connectivity index (χ1) is 13.3. The maximum atomic E-state index is 12.5. The Bertz CT molecular complexity index is 1050. The van der Waals surface area contributed by atoms with Crippen molar-refractivity contribution in [3.63, 3.8) is 0 Å². The van der Waals surface area contributed by atoms with E-state index in [-0.39, 0.29) is 10.0 Å². The fourth-order valence-corrected chi connectivity index (χ4v) is 4.66. The van der Waals surface area contributed by atoms with Crippen LogP contribution in [0.5, 0.6) is 5.75 Å². The van der Waals surface area contributed by atoms with Crippen molar-refractivity contribution >= 4 is 38.1 Å². The normalized spacial score (nSPS) is 11.6. The summed E-state index contributed by atoms with van der Waals surface area (Å²) >= 11 is 7.10. The molecule has 0 amide bonds. The lowest BCUT2D eigenvalue weighted by molar-refractivity contribution is 0.262. The Hall–Kier alpha value is -2.13. The summed E-state index contributed by atoms with van der Waals surface area (Å²) < 4.78 is 33.4. The fourth-order valence-electron chi connectivity index (χ4n) is 2.39. The van der Waals surface area contributed by atoms with E-state index in [1.807, 2.05) is 43.3 Å². The smallest absolute Gasteiger partial charge is 0.263 e. The number of benzene rings is 2. The van der Waals surface area contributed by atoms with Gasteiger partial charge in [0.1, 0.15) is 12.4 Å². The number of ether oxygens (including phenoxy) is 1. The van der Waals surface area contributed by atoms with E-state index in [1.54, 1.807) is 17.5 Å². The number of hydrogen-bond donors (Lipinski definition) is 1. The standard InChI is InChI=1S/C19H20ClN3O3S2/c1-23(2)10-11-26-18-9-4-3-8-16(18)17-13-27-19(21-17)22-28(24,25)15-7-5-6-14(20)12-15/h3-9,12-13H,10-11H2,1-2H3,(H,21,22). The highest BCUT2D eigenvalue weighted by Crippen LogP contribution is 2.33. The van der Waals surface area contributed by atoms with E-state index in [2.05, 4.69) is 9.71 Å². The number of nitrogens with zero attached hydrogens (tertiary/aromatic N) is 2. The summed E-state index contributed by atoms with van der Waals surface area (Å²) in [4.78, 5) is 6.55. The first-order valence-electron chi connectivity index (χ1n) is 8.46. The number of rotatable bonds is 8. The van der Waals surface area contributed by atoms with Gasteiger partial charge in [-0.15, -0.1) is 11.3 Å². The zero-order valence-corrected chi connectivity index (χ0v) is 17.8. The predicted octanol–water partition coefficient (Wildman–Crippen LogP) is 4.20. The third kappa shape index (κ3) is 5.23. The molecule has 28 heavy (non-hydrogen) atoms. The molecule has 6 nitrogen and oxygen atoms in total. The molecular formula is C19H20ClN3O3S2. The van der Waals surface area contributed by atoms with Crippen molar-refractivity contribution in [2.24, 2.45) is 0 Å². The number of halogens is 1. The van der Waals surface area contributed by atoms with Crippen LogP contribution in [0.15, 0.2) is 58.8 Å². The number of anilines is 1. The van der Waals surface area contributed by atoms with Gasteiger partial charge < -0.3 is 9.64 Å². The Labute approximate surface area is 173 Å². The molecule has 148 valence electrons. The van der Waals surface area contributed by atoms with Crippen molar-refractivity contribution in [1.82, 2.24) is 9.88 Å². The minimum Gasteiger partial charge on any atom is -0.492 e. The van der Waals surface area contributed by atoms with Crippen LogP contribution in [0, 0.1) is 0 Å². The zero-order valence-electron chi connectivity index (χ0n) is 15.4. The molecule has 0 unspecified atom stereocenters. The quantitative estimate of drug-likeness (QED) is 0.571. The summed E-state index contributed by atoms with van der Waals surface area (Å²) in [6.07, 6.45) is 0. The number of sulfonamides is 1. The molecule has 0 aliphatic rings. The molecule has 0 bridgehead atoms. The second-order valence-corrected chi connectivity index (χ2v) is 9.23. The molecule has 0 aliphatic heterocycles. The van der Waals surface area contributed by atoms with Gasteiger partial charge >= 0.3 is 0 Å². The van der Waals surface area contributed by atoms with E-state index >= 15 is 0 Å². The minimum atomic E-state index is -3.76. The summed E-state index contributed by atoms with van der Waals surface area (Å²) in [5, 5.41) is 2.42. The maximum absolute atomic E-state index is 12.5. The lowest BCUT2D eigenvalue weighted by Crippen LogP contribution is -2.19. The lowest BCUT2D eigenvalue weighted by Gasteiger charge is -2.13. The number of aromatic nitrogens is 1. The Morgan fingerprint density at radius 2 is 1.96 bits per heavy atom. The van der Waals surface area contributed by atoms with E-state index in [0.29, 0.717) is 23.1 Å². The molecule has 3 rings (SSSR count). The number of nitrogens with one attached hydrogen (secondary N) is 1. The van der Waals surface area contributed by atoms with Gasteiger partial charge in [-0.2, -0.15) is 0 Å². The van der Waals surface area contributed by atoms with Crippen molar-refractivity contribution in [3.8, 4) is 17.0 Å². The van der Waals surface area contributed by atoms with Crippen molar-refractivity contribution in [2.45, 2.75) is 4.90 Å². The van der Waals surface area contributed by atoms with Gasteiger partial charge in [-0.3, -0.25) is 4.72 Å². The molecule has 0 atom stereocenters. The molecular weight excluding hydrogens is 418 g/mol. The molecule has 0 saturated carbocycles. The predicted molar refractivity (Wildman–Crippen MR) is 114 cm³/mol. The molecule has 2 aromatic carbocycles. The first kappa shape index (κ1) is 20.6. The SMILES string of the molecule is CN(C)CCOc1ccccc1-c1csc(NS(=O)(=O)c2cccc(Cl)c2)n1. The molecule has 3 aromatic rings. The summed E-state index contributed by atoms with van der Waals surface area (Å²) in [7, 11) is 0.199. The minimum absolute atomic E-state index is 0.0872. The Balaban J connectivity index is 1.79. The summed E-state index contributed by atoms with van der Waals surface area (Å²) in [6.45, 7) is 1.33. The molecule has 1 heterocycles. The highest BCUT2D eigenvalue weighted by molar-refractivity contribution is 7.93. The van der Waals surface area contributed by atoms with Crippen LogP contribution in [0.1, 0.15) is 0 Å². The molecule has 0 aliphatic carbocycles. The van der Waals surface area contributed by atoms with Crippen LogP contribution >= 0.6 is 22.9 Å². The molecule has 1 aromatic heterocycles. The largest absolute Gasteiger partial charge is 0.492 e. The van der Waals surface area contributed by atoms with Crippen molar-refractivity contribution < 1.29 is 13.2 Å². The first-order valence-corrected chi connectivity index (χ1v) is 11.2. The number of likely N-dealkylation sites (N-methyl/N-ethyl adjacent to an activating group) is 1. The molecule has 0 fully saturated rings. The van der Waals surface area contributed by atoms with Gasteiger partial charge in [0, 0.05) is 22.5 Å². The van der Waals surface area contributed by atoms with Crippen LogP contribution in [0.4, 0.5) is 5.13 Å². The average molecular weight is 438 g/mol. The highest BCUT2D eigenvalue weighted by atomic mass is 35.5. The van der Waals surface area contributed by atoms with Gasteiger partial charge in [-0.05, 0) is 44.4 Å². The van der Waals surface area contributed by atoms with Crippen molar-refractivity contribution in [1.29, 1.82) is 0 Å². The zero-order chi connectivity index (χ0) is 20.1. The lowest BCUT2D eigenvalue weighted by atomic mass is 10.1. The number of thiazole rings is 1. The summed E-state index contributed by atoms with van der Waals surface area (Å²) in [5.41, 5.74) is 1.46. The van der Waals surface area contributed by atoms with Gasteiger partial charge in [0.15, 0.2) is 5.13 Å². The van der Waals surface area contributed by atoms with E-state index in [9.17, 15) is 8.42 Å². The molecule has 0 spiro atoms. The van der Waals surface area contributed by atoms with Gasteiger partial charge in [-0.1, -0.05) is 29.8 Å². The van der Waals surface area contributed by atoms with Gasteiger partial charge in [0.05, 0.1) is 10.6 Å². The van der Waals surface area contributed by atoms with E-state index in [1.165, 1.54) is 23.5 Å². The average Bonchev–Trinajstić information content (AvgIpc) is 3.09. The molecule has 1 N–H and O–H groups in total. The molecule has 0 radical (unpaired) electrons. The third-order valence-corrected chi connectivity index (χ3v) is 6.25. The topological polar surface area (TPSA) is 71.5 Å². The van der Waals surface area contributed by atoms with E-state index < -0.39 is 10.0 Å². The van der Waals surface area contributed by atoms with E-state index in [4.69, 9.17) is 16.3 Å². The Kier molecular flexibility index (Phi) is 6.56. The van der Waals surface area contributed by atoms with Crippen molar-refractivity contribution in [3.05, 3.63) is 58.9 Å². The third-order valence-electron chi connectivity index (χ3n) is 3.79. The summed E-state index contributed by atoms with van der Waals surface area (Å²) in [5.74, 6) is 0.707. The van der Waals surface area contributed by atoms with Gasteiger partial charge in [0.25, 0.3) is 10.0 Å². The van der Waals surface area contributed by atoms with Crippen LogP contribution in [0.25, 0.3) is 11.3 Å². The van der Waals surface area contributed by atoms with Crippen molar-refractivity contribution in [2.75, 3.05) is 32.0 Å². The highest BCUT2D eigenvalue weighted by Gasteiger charge is 2.17. The van der Waals surface area contributed by atoms with Crippen LogP contribution in [0.3, 0.4) is 0 Å². The van der Waals surface area contributed by atoms with Crippen LogP contribution < -0.4 is 9.46 Å². The monoisotopic (exact) mass is 437 g/mol. The molecule has 9 heteroatoms. The number of para-hydroxylation sites is 1. The van der Waals surface area contributed by atoms with E-state index in [0.717, 1.165) is 12.1 Å². The van der Waals surface area contributed by atoms with Crippen LogP contribution in [-0.2, 0) is 10.0 Å². The van der Waals surface area contributed by atoms with Gasteiger partial charge in [-0.25, -0.2) is 13.4 Å². The second kappa shape index (κ2) is 8.91. The van der Waals surface area contributed by atoms with Gasteiger partial charge in [0.2, 0.25) is 0 Å². The summed E-state index contributed by atoms with van der Waals surface area (Å²) in [6, 6.07) is 13.6. The fraction of sp³-hybridized carbons (Fsp3) is 0.211. The van der Waals surface area contributed by atoms with Crippen LogP contribution in [0.2, 0.25) is 5.02 Å². The Morgan fingerprint density at radius 3 is 2.71 bits per heavy atom. The second-order valence-electron chi connectivity index (χ2n) is 6.25. The van der Waals surface area contributed by atoms with Crippen LogP contribution in [-0.4, -0.2) is 45.5 Å². The Morgan fingerprint density at radius 1 is 1.18 bits per heavy atom. The maximum Gasteiger partial charge on any atom is 0.263 e. The molecule has 0 saturated heterocycles.